The Morgan fingerprint density at radius 3 is 2.55 bits per heavy atom. The van der Waals surface area contributed by atoms with Gasteiger partial charge in [0, 0.05) is 27.6 Å². The third kappa shape index (κ3) is 1.60. The van der Waals surface area contributed by atoms with Gasteiger partial charge >= 0.3 is 0 Å². The molecule has 22 heavy (non-hydrogen) atoms. The smallest absolute Gasteiger partial charge is 0.195 e. The summed E-state index contributed by atoms with van der Waals surface area (Å²) in [6.07, 6.45) is 0. The molecule has 0 unspecified atom stereocenters. The first-order valence-electron chi connectivity index (χ1n) is 7.07. The number of aromatic nitrogens is 1. The van der Waals surface area contributed by atoms with E-state index in [1.807, 2.05) is 30.3 Å². The van der Waals surface area contributed by atoms with E-state index in [4.69, 9.17) is 23.2 Å². The lowest BCUT2D eigenvalue weighted by molar-refractivity contribution is 0.103. The van der Waals surface area contributed by atoms with Crippen molar-refractivity contribution in [3.05, 3.63) is 68.8 Å². The van der Waals surface area contributed by atoms with Crippen LogP contribution in [0.2, 0.25) is 10.0 Å². The summed E-state index contributed by atoms with van der Waals surface area (Å²) in [5.41, 5.74) is 3.85. The number of hydrogen-bond donors (Lipinski definition) is 1. The number of hydrogen-bond acceptors (Lipinski definition) is 1. The number of rotatable bonds is 0. The van der Waals surface area contributed by atoms with E-state index >= 15 is 0 Å². The van der Waals surface area contributed by atoms with Gasteiger partial charge in [-0.05, 0) is 17.7 Å². The first-order valence-corrected chi connectivity index (χ1v) is 7.83. The molecule has 0 saturated heterocycles. The molecule has 0 bridgehead atoms. The fourth-order valence-corrected chi connectivity index (χ4v) is 3.83. The molecule has 2 aromatic carbocycles. The predicted octanol–water partition coefficient (Wildman–Crippen LogP) is 5.35. The minimum absolute atomic E-state index is 0.000316. The zero-order chi connectivity index (χ0) is 15.6. The van der Waals surface area contributed by atoms with Crippen molar-refractivity contribution in [1.82, 2.24) is 4.98 Å². The molecular formula is C18H13Cl2NO. The predicted molar refractivity (Wildman–Crippen MR) is 90.3 cm³/mol. The molecule has 0 saturated carbocycles. The van der Waals surface area contributed by atoms with Gasteiger partial charge in [0.2, 0.25) is 0 Å². The van der Waals surface area contributed by atoms with Crippen LogP contribution in [-0.2, 0) is 5.41 Å². The maximum atomic E-state index is 13.0. The summed E-state index contributed by atoms with van der Waals surface area (Å²) < 4.78 is 0. The van der Waals surface area contributed by atoms with Crippen molar-refractivity contribution in [3.8, 4) is 0 Å². The Morgan fingerprint density at radius 2 is 1.77 bits per heavy atom. The third-order valence-corrected chi connectivity index (χ3v) is 5.36. The fraction of sp³-hybridized carbons (Fsp3) is 0.167. The molecule has 3 aromatic rings. The summed E-state index contributed by atoms with van der Waals surface area (Å²) in [6.45, 7) is 4.23. The van der Waals surface area contributed by atoms with Gasteiger partial charge in [-0.3, -0.25) is 4.79 Å². The Labute approximate surface area is 138 Å². The van der Waals surface area contributed by atoms with Gasteiger partial charge in [0.1, 0.15) is 0 Å². The number of nitrogens with one attached hydrogen (secondary N) is 1. The Bertz CT molecular complexity index is 953. The van der Waals surface area contributed by atoms with Crippen molar-refractivity contribution >= 4 is 39.9 Å². The highest BCUT2D eigenvalue weighted by Crippen LogP contribution is 2.45. The van der Waals surface area contributed by atoms with Gasteiger partial charge in [0.05, 0.1) is 15.6 Å². The molecule has 0 atom stereocenters. The lowest BCUT2D eigenvalue weighted by Crippen LogP contribution is -2.30. The average molecular weight is 330 g/mol. The van der Waals surface area contributed by atoms with Gasteiger partial charge < -0.3 is 4.98 Å². The molecule has 0 fully saturated rings. The van der Waals surface area contributed by atoms with Crippen molar-refractivity contribution in [3.63, 3.8) is 0 Å². The Balaban J connectivity index is 2.18. The largest absolute Gasteiger partial charge is 0.357 e. The van der Waals surface area contributed by atoms with Gasteiger partial charge in [-0.1, -0.05) is 61.3 Å². The van der Waals surface area contributed by atoms with E-state index in [9.17, 15) is 4.79 Å². The number of fused-ring (bicyclic) bond motifs is 4. The van der Waals surface area contributed by atoms with Crippen molar-refractivity contribution in [2.75, 3.05) is 0 Å². The summed E-state index contributed by atoms with van der Waals surface area (Å²) in [4.78, 5) is 16.4. The summed E-state index contributed by atoms with van der Waals surface area (Å²) in [7, 11) is 0. The van der Waals surface area contributed by atoms with Crippen LogP contribution < -0.4 is 0 Å². The number of benzene rings is 2. The van der Waals surface area contributed by atoms with Crippen LogP contribution >= 0.6 is 23.2 Å². The maximum Gasteiger partial charge on any atom is 0.195 e. The minimum Gasteiger partial charge on any atom is -0.357 e. The van der Waals surface area contributed by atoms with Crippen LogP contribution in [0.15, 0.2) is 36.4 Å². The molecule has 1 aliphatic rings. The topological polar surface area (TPSA) is 32.9 Å². The average Bonchev–Trinajstić information content (AvgIpc) is 2.90. The van der Waals surface area contributed by atoms with Gasteiger partial charge in [-0.2, -0.15) is 0 Å². The van der Waals surface area contributed by atoms with E-state index in [1.165, 1.54) is 0 Å². The van der Waals surface area contributed by atoms with E-state index in [-0.39, 0.29) is 11.2 Å². The van der Waals surface area contributed by atoms with Gasteiger partial charge in [0.25, 0.3) is 0 Å². The zero-order valence-corrected chi connectivity index (χ0v) is 13.6. The SMILES string of the molecule is CC1(C)c2ccccc2C(=O)c2c1[nH]c1ccc(Cl)c(Cl)c21. The van der Waals surface area contributed by atoms with Crippen LogP contribution in [0.1, 0.15) is 41.0 Å². The molecule has 2 nitrogen and oxygen atoms in total. The van der Waals surface area contributed by atoms with E-state index in [0.717, 1.165) is 27.7 Å². The van der Waals surface area contributed by atoms with Crippen molar-refractivity contribution in [2.24, 2.45) is 0 Å². The number of carbonyl (C=O) groups excluding carboxylic acids is 1. The molecule has 1 aliphatic carbocycles. The third-order valence-electron chi connectivity index (χ3n) is 4.55. The lowest BCUT2D eigenvalue weighted by atomic mass is 9.71. The Kier molecular flexibility index (Phi) is 2.76. The maximum absolute atomic E-state index is 13.0. The standard InChI is InChI=1S/C18H13Cl2NO/c1-18(2)10-6-4-3-5-9(10)16(22)14-13-12(21-17(14)18)8-7-11(19)15(13)20/h3-8,21H,1-2H3. The molecule has 0 amide bonds. The zero-order valence-electron chi connectivity index (χ0n) is 12.1. The Morgan fingerprint density at radius 1 is 1.05 bits per heavy atom. The molecule has 0 radical (unpaired) electrons. The van der Waals surface area contributed by atoms with Crippen LogP contribution in [0.25, 0.3) is 10.9 Å². The first kappa shape index (κ1) is 13.9. The van der Waals surface area contributed by atoms with Crippen LogP contribution in [0, 0.1) is 0 Å². The molecule has 0 aliphatic heterocycles. The van der Waals surface area contributed by atoms with Gasteiger partial charge in [-0.25, -0.2) is 0 Å². The van der Waals surface area contributed by atoms with Crippen LogP contribution in [0.3, 0.4) is 0 Å². The normalized spacial score (nSPS) is 15.7. The molecule has 0 spiro atoms. The highest BCUT2D eigenvalue weighted by molar-refractivity contribution is 6.46. The second-order valence-electron chi connectivity index (χ2n) is 6.16. The molecule has 1 heterocycles. The van der Waals surface area contributed by atoms with Crippen molar-refractivity contribution in [2.45, 2.75) is 19.3 Å². The van der Waals surface area contributed by atoms with E-state index in [1.54, 1.807) is 6.07 Å². The number of carbonyl (C=O) groups is 1. The minimum atomic E-state index is -0.297. The summed E-state index contributed by atoms with van der Waals surface area (Å²) in [5.74, 6) is 0.000316. The number of halogens is 2. The molecular weight excluding hydrogens is 317 g/mol. The monoisotopic (exact) mass is 329 g/mol. The summed E-state index contributed by atoms with van der Waals surface area (Å²) in [5, 5.41) is 1.61. The lowest BCUT2D eigenvalue weighted by Gasteiger charge is -2.31. The highest BCUT2D eigenvalue weighted by atomic mass is 35.5. The van der Waals surface area contributed by atoms with Crippen molar-refractivity contribution < 1.29 is 4.79 Å². The first-order chi connectivity index (χ1) is 10.4. The number of ketones is 1. The van der Waals surface area contributed by atoms with E-state index in [2.05, 4.69) is 18.8 Å². The van der Waals surface area contributed by atoms with Gasteiger partial charge in [-0.15, -0.1) is 0 Å². The molecule has 110 valence electrons. The van der Waals surface area contributed by atoms with Crippen LogP contribution in [-0.4, -0.2) is 10.8 Å². The second kappa shape index (κ2) is 4.37. The quantitative estimate of drug-likeness (QED) is 0.592. The fourth-order valence-electron chi connectivity index (χ4n) is 3.41. The second-order valence-corrected chi connectivity index (χ2v) is 6.94. The number of H-pyrrole nitrogens is 1. The molecule has 4 rings (SSSR count). The van der Waals surface area contributed by atoms with Crippen LogP contribution in [0.4, 0.5) is 0 Å². The molecule has 4 heteroatoms. The van der Waals surface area contributed by atoms with Crippen LogP contribution in [0.5, 0.6) is 0 Å². The number of aromatic amines is 1. The van der Waals surface area contributed by atoms with Crippen molar-refractivity contribution in [1.29, 1.82) is 0 Å². The Hall–Kier alpha value is -1.77. The summed E-state index contributed by atoms with van der Waals surface area (Å²) in [6, 6.07) is 11.4. The summed E-state index contributed by atoms with van der Waals surface area (Å²) >= 11 is 12.5. The van der Waals surface area contributed by atoms with E-state index in [0.29, 0.717) is 15.6 Å². The highest BCUT2D eigenvalue weighted by Gasteiger charge is 2.39. The van der Waals surface area contributed by atoms with Gasteiger partial charge in [0.15, 0.2) is 5.78 Å². The van der Waals surface area contributed by atoms with E-state index < -0.39 is 0 Å². The molecule has 1 N–H and O–H groups in total. The molecule has 1 aromatic heterocycles.